The van der Waals surface area contributed by atoms with Crippen LogP contribution in [0.4, 0.5) is 0 Å². The van der Waals surface area contributed by atoms with E-state index < -0.39 is 31.7 Å². The molecule has 98 valence electrons. The van der Waals surface area contributed by atoms with E-state index in [1.54, 1.807) is 0 Å². The van der Waals surface area contributed by atoms with Crippen molar-refractivity contribution in [2.24, 2.45) is 0 Å². The summed E-state index contributed by atoms with van der Waals surface area (Å²) in [7, 11) is -4.63. The normalized spacial score (nSPS) is 16.3. The van der Waals surface area contributed by atoms with Crippen molar-refractivity contribution in [2.45, 2.75) is 65.5 Å². The van der Waals surface area contributed by atoms with Crippen molar-refractivity contribution in [3.63, 3.8) is 0 Å². The lowest BCUT2D eigenvalue weighted by Gasteiger charge is -2.36. The summed E-state index contributed by atoms with van der Waals surface area (Å²) in [6.07, 6.45) is 0. The minimum Gasteiger partial charge on any atom is -0.438 e. The molecular formula is C10H28O3Si3. The van der Waals surface area contributed by atoms with Crippen LogP contribution in [0.15, 0.2) is 0 Å². The molecule has 0 saturated heterocycles. The van der Waals surface area contributed by atoms with Crippen LogP contribution in [-0.2, 0) is 13.0 Å². The van der Waals surface area contributed by atoms with Gasteiger partial charge in [0.1, 0.15) is 5.79 Å². The van der Waals surface area contributed by atoms with Crippen molar-refractivity contribution in [2.75, 3.05) is 0 Å². The molecule has 0 fully saturated rings. The Morgan fingerprint density at radius 1 is 0.875 bits per heavy atom. The van der Waals surface area contributed by atoms with Gasteiger partial charge in [-0.05, 0) is 59.7 Å². The molecule has 0 aromatic rings. The standard InChI is InChI=1S/C10H28O3Si3/c1-10(2,12-15(4,5)6)11-14(3)13-16(7,8)9/h14H,1-9H3. The second-order valence-electron chi connectivity index (χ2n) is 6.53. The summed E-state index contributed by atoms with van der Waals surface area (Å²) in [5.41, 5.74) is 0. The summed E-state index contributed by atoms with van der Waals surface area (Å²) in [4.78, 5) is 0. The van der Waals surface area contributed by atoms with Crippen LogP contribution in [0.2, 0.25) is 45.8 Å². The number of hydrogen-bond donors (Lipinski definition) is 0. The Kier molecular flexibility index (Phi) is 5.63. The third-order valence-electron chi connectivity index (χ3n) is 1.52. The predicted molar refractivity (Wildman–Crippen MR) is 77.0 cm³/mol. The summed E-state index contributed by atoms with van der Waals surface area (Å²) in [5.74, 6) is -0.504. The van der Waals surface area contributed by atoms with Gasteiger partial charge in [0.2, 0.25) is 0 Å². The molecule has 0 radical (unpaired) electrons. The van der Waals surface area contributed by atoms with E-state index in [0.29, 0.717) is 0 Å². The summed E-state index contributed by atoms with van der Waals surface area (Å²) in [5, 5.41) is 0. The quantitative estimate of drug-likeness (QED) is 0.552. The monoisotopic (exact) mass is 280 g/mol. The molecule has 0 spiro atoms. The van der Waals surface area contributed by atoms with Gasteiger partial charge in [-0.25, -0.2) is 0 Å². The summed E-state index contributed by atoms with van der Waals surface area (Å²) < 4.78 is 17.9. The lowest BCUT2D eigenvalue weighted by atomic mass is 10.4. The summed E-state index contributed by atoms with van der Waals surface area (Å²) in [6.45, 7) is 19.1. The SMILES string of the molecule is C[SiH](OC(C)(C)O[Si](C)(C)C)O[Si](C)(C)C. The minimum atomic E-state index is -1.58. The summed E-state index contributed by atoms with van der Waals surface area (Å²) in [6, 6.07) is 0. The van der Waals surface area contributed by atoms with Crippen LogP contribution in [0.3, 0.4) is 0 Å². The molecule has 0 N–H and O–H groups in total. The molecule has 0 heterocycles. The van der Waals surface area contributed by atoms with E-state index in [2.05, 4.69) is 45.8 Å². The number of rotatable bonds is 6. The van der Waals surface area contributed by atoms with Crippen molar-refractivity contribution in [3.8, 4) is 0 Å². The van der Waals surface area contributed by atoms with Gasteiger partial charge in [-0.2, -0.15) is 0 Å². The zero-order chi connectivity index (χ0) is 13.2. The fraction of sp³-hybridized carbons (Fsp3) is 1.00. The average Bonchev–Trinajstić information content (AvgIpc) is 1.70. The topological polar surface area (TPSA) is 27.7 Å². The number of hydrogen-bond acceptors (Lipinski definition) is 3. The highest BCUT2D eigenvalue weighted by Crippen LogP contribution is 2.20. The maximum Gasteiger partial charge on any atom is 0.310 e. The first-order valence-corrected chi connectivity index (χ1v) is 14.8. The molecule has 3 nitrogen and oxygen atoms in total. The first-order valence-electron chi connectivity index (χ1n) is 5.87. The van der Waals surface area contributed by atoms with Crippen molar-refractivity contribution in [1.82, 2.24) is 0 Å². The zero-order valence-electron chi connectivity index (χ0n) is 12.3. The largest absolute Gasteiger partial charge is 0.438 e. The molecule has 0 aromatic carbocycles. The van der Waals surface area contributed by atoms with Crippen molar-refractivity contribution >= 4 is 25.9 Å². The molecule has 0 aliphatic rings. The molecule has 0 aliphatic heterocycles. The first kappa shape index (κ1) is 16.5. The van der Waals surface area contributed by atoms with Crippen molar-refractivity contribution < 1.29 is 13.0 Å². The Morgan fingerprint density at radius 3 is 1.62 bits per heavy atom. The molecule has 0 aromatic heterocycles. The molecular weight excluding hydrogens is 252 g/mol. The Hall–Kier alpha value is 0.531. The average molecular weight is 281 g/mol. The Balaban J connectivity index is 4.26. The highest BCUT2D eigenvalue weighted by atomic mass is 28.4. The lowest BCUT2D eigenvalue weighted by Crippen LogP contribution is -2.46. The molecule has 0 aliphatic carbocycles. The van der Waals surface area contributed by atoms with Crippen LogP contribution < -0.4 is 0 Å². The van der Waals surface area contributed by atoms with E-state index in [4.69, 9.17) is 13.0 Å². The molecule has 0 rings (SSSR count). The highest BCUT2D eigenvalue weighted by Gasteiger charge is 2.31. The highest BCUT2D eigenvalue weighted by molar-refractivity contribution is 6.75. The van der Waals surface area contributed by atoms with Crippen molar-refractivity contribution in [3.05, 3.63) is 0 Å². The molecule has 0 saturated carbocycles. The van der Waals surface area contributed by atoms with Crippen LogP contribution in [-0.4, -0.2) is 31.7 Å². The second-order valence-corrected chi connectivity index (χ2v) is 17.5. The molecule has 6 heteroatoms. The summed E-state index contributed by atoms with van der Waals surface area (Å²) >= 11 is 0. The van der Waals surface area contributed by atoms with Gasteiger partial charge in [-0.15, -0.1) is 0 Å². The molecule has 0 amide bonds. The Bertz CT molecular complexity index is 218. The third kappa shape index (κ3) is 9.74. The predicted octanol–water partition coefficient (Wildman–Crippen LogP) is 3.29. The van der Waals surface area contributed by atoms with Gasteiger partial charge >= 0.3 is 9.28 Å². The molecule has 0 bridgehead atoms. The minimum absolute atomic E-state index is 0.504. The van der Waals surface area contributed by atoms with Crippen LogP contribution in [0.25, 0.3) is 0 Å². The van der Waals surface area contributed by atoms with E-state index in [0.717, 1.165) is 0 Å². The maximum atomic E-state index is 6.00. The molecule has 1 atom stereocenters. The molecule has 16 heavy (non-hydrogen) atoms. The van der Waals surface area contributed by atoms with Crippen LogP contribution in [0.1, 0.15) is 13.8 Å². The van der Waals surface area contributed by atoms with E-state index in [1.807, 2.05) is 13.8 Å². The van der Waals surface area contributed by atoms with Gasteiger partial charge < -0.3 is 13.0 Å². The zero-order valence-corrected chi connectivity index (χ0v) is 15.5. The van der Waals surface area contributed by atoms with Crippen molar-refractivity contribution in [1.29, 1.82) is 0 Å². The van der Waals surface area contributed by atoms with Crippen LogP contribution in [0.5, 0.6) is 0 Å². The fourth-order valence-electron chi connectivity index (χ4n) is 1.68. The van der Waals surface area contributed by atoms with Crippen LogP contribution in [0, 0.1) is 0 Å². The Morgan fingerprint density at radius 2 is 1.31 bits per heavy atom. The van der Waals surface area contributed by atoms with Gasteiger partial charge in [0.05, 0.1) is 0 Å². The first-order chi connectivity index (χ1) is 6.81. The molecule has 1 unspecified atom stereocenters. The van der Waals surface area contributed by atoms with Crippen LogP contribution >= 0.6 is 0 Å². The smallest absolute Gasteiger partial charge is 0.310 e. The van der Waals surface area contributed by atoms with Gasteiger partial charge in [-0.1, -0.05) is 0 Å². The van der Waals surface area contributed by atoms with E-state index >= 15 is 0 Å². The lowest BCUT2D eigenvalue weighted by molar-refractivity contribution is -0.0987. The third-order valence-corrected chi connectivity index (χ3v) is 7.68. The fourth-order valence-corrected chi connectivity index (χ4v) is 8.33. The van der Waals surface area contributed by atoms with E-state index in [1.165, 1.54) is 0 Å². The second kappa shape index (κ2) is 5.45. The van der Waals surface area contributed by atoms with E-state index in [9.17, 15) is 0 Å². The maximum absolute atomic E-state index is 6.00. The Labute approximate surface area is 105 Å². The van der Waals surface area contributed by atoms with Gasteiger partial charge in [0.15, 0.2) is 16.6 Å². The van der Waals surface area contributed by atoms with Gasteiger partial charge in [0.25, 0.3) is 0 Å². The van der Waals surface area contributed by atoms with Gasteiger partial charge in [0, 0.05) is 0 Å². The van der Waals surface area contributed by atoms with E-state index in [-0.39, 0.29) is 0 Å². The van der Waals surface area contributed by atoms with Gasteiger partial charge in [-0.3, -0.25) is 0 Å².